The summed E-state index contributed by atoms with van der Waals surface area (Å²) in [7, 11) is -2.02. The van der Waals surface area contributed by atoms with Gasteiger partial charge in [-0.1, -0.05) is 23.7 Å². The number of aromatic nitrogens is 4. The Morgan fingerprint density at radius 3 is 2.97 bits per heavy atom. The highest BCUT2D eigenvalue weighted by Gasteiger charge is 2.44. The number of ether oxygens (including phenoxy) is 1. The van der Waals surface area contributed by atoms with Crippen LogP contribution in [-0.4, -0.2) is 38.9 Å². The van der Waals surface area contributed by atoms with E-state index >= 15 is 0 Å². The van der Waals surface area contributed by atoms with Crippen molar-refractivity contribution >= 4 is 36.2 Å². The van der Waals surface area contributed by atoms with Gasteiger partial charge in [0.15, 0.2) is 11.5 Å². The third kappa shape index (κ3) is 3.76. The van der Waals surface area contributed by atoms with Crippen LogP contribution in [0.5, 0.6) is 0 Å². The van der Waals surface area contributed by atoms with Crippen molar-refractivity contribution < 1.29 is 18.3 Å². The van der Waals surface area contributed by atoms with Gasteiger partial charge in [0.25, 0.3) is 0 Å². The third-order valence-electron chi connectivity index (χ3n) is 4.96. The molecule has 4 rings (SSSR count). The molecule has 0 spiro atoms. The molecule has 154 valence electrons. The van der Waals surface area contributed by atoms with Crippen LogP contribution in [0.3, 0.4) is 0 Å². The molecule has 1 aromatic carbocycles. The summed E-state index contributed by atoms with van der Waals surface area (Å²) in [5.41, 5.74) is 7.01. The molecule has 0 amide bonds. The van der Waals surface area contributed by atoms with Crippen LogP contribution in [0.25, 0.3) is 11.2 Å². The zero-order valence-electron chi connectivity index (χ0n) is 15.9. The van der Waals surface area contributed by atoms with Gasteiger partial charge in [0.2, 0.25) is 0 Å². The van der Waals surface area contributed by atoms with Crippen molar-refractivity contribution in [3.63, 3.8) is 0 Å². The number of methoxy groups -OCH3 is 1. The van der Waals surface area contributed by atoms with Gasteiger partial charge >= 0.3 is 7.60 Å². The lowest BCUT2D eigenvalue weighted by Crippen LogP contribution is -2.28. The lowest BCUT2D eigenvalue weighted by atomic mass is 10.1. The molecule has 29 heavy (non-hydrogen) atoms. The van der Waals surface area contributed by atoms with Crippen molar-refractivity contribution in [3.05, 3.63) is 47.5 Å². The van der Waals surface area contributed by atoms with Crippen molar-refractivity contribution in [3.8, 4) is 0 Å². The Labute approximate surface area is 172 Å². The lowest BCUT2D eigenvalue weighted by Gasteiger charge is -2.36. The zero-order chi connectivity index (χ0) is 20.6. The van der Waals surface area contributed by atoms with Gasteiger partial charge in [-0.25, -0.2) is 15.0 Å². The number of hydrogen-bond acceptors (Lipinski definition) is 8. The molecule has 4 atom stereocenters. The largest absolute Gasteiger partial charge is 0.382 e. The van der Waals surface area contributed by atoms with Crippen LogP contribution in [0.2, 0.25) is 5.02 Å². The predicted molar refractivity (Wildman–Crippen MR) is 109 cm³/mol. The fraction of sp³-hybridized carbons (Fsp3) is 0.389. The number of benzene rings is 1. The van der Waals surface area contributed by atoms with Crippen molar-refractivity contribution in [2.75, 3.05) is 19.5 Å². The highest BCUT2D eigenvalue weighted by molar-refractivity contribution is 7.54. The van der Waals surface area contributed by atoms with E-state index in [-0.39, 0.29) is 11.9 Å². The molecule has 11 heteroatoms. The summed E-state index contributed by atoms with van der Waals surface area (Å²) in [6.07, 6.45) is 2.37. The van der Waals surface area contributed by atoms with Crippen LogP contribution in [0.4, 0.5) is 5.82 Å². The number of fused-ring (bicyclic) bond motifs is 1. The summed E-state index contributed by atoms with van der Waals surface area (Å²) in [4.78, 5) is 12.4. The quantitative estimate of drug-likeness (QED) is 0.596. The maximum Gasteiger partial charge on any atom is 0.338 e. The zero-order valence-corrected chi connectivity index (χ0v) is 17.6. The van der Waals surface area contributed by atoms with Gasteiger partial charge in [-0.2, -0.15) is 0 Å². The number of rotatable bonds is 5. The second-order valence-electron chi connectivity index (χ2n) is 6.76. The van der Waals surface area contributed by atoms with Crippen molar-refractivity contribution in [2.45, 2.75) is 31.3 Å². The molecule has 1 fully saturated rings. The first-order chi connectivity index (χ1) is 13.9. The third-order valence-corrected chi connectivity index (χ3v) is 7.54. The molecule has 0 radical (unpaired) electrons. The molecule has 9 nitrogen and oxygen atoms in total. The molecule has 0 saturated carbocycles. The van der Waals surface area contributed by atoms with Crippen LogP contribution >= 0.6 is 19.2 Å². The molecule has 0 aliphatic carbocycles. The van der Waals surface area contributed by atoms with E-state index in [0.29, 0.717) is 29.2 Å². The summed E-state index contributed by atoms with van der Waals surface area (Å²) in [6, 6.07) is 7.33. The molecule has 1 aliphatic rings. The molecule has 1 saturated heterocycles. The van der Waals surface area contributed by atoms with E-state index in [1.54, 1.807) is 17.6 Å². The Kier molecular flexibility index (Phi) is 5.59. The Morgan fingerprint density at radius 2 is 2.21 bits per heavy atom. The minimum Gasteiger partial charge on any atom is -0.382 e. The molecule has 0 bridgehead atoms. The monoisotopic (exact) mass is 437 g/mol. The Hall–Kier alpha value is -2.03. The summed E-state index contributed by atoms with van der Waals surface area (Å²) >= 11 is 6.10. The van der Waals surface area contributed by atoms with Crippen molar-refractivity contribution in [1.82, 2.24) is 19.5 Å². The van der Waals surface area contributed by atoms with E-state index in [0.717, 1.165) is 5.56 Å². The minimum absolute atomic E-state index is 0.258. The number of nitrogens with zero attached hydrogens (tertiary/aromatic N) is 4. The smallest absolute Gasteiger partial charge is 0.338 e. The van der Waals surface area contributed by atoms with Crippen molar-refractivity contribution in [1.29, 1.82) is 0 Å². The predicted octanol–water partition coefficient (Wildman–Crippen LogP) is 3.97. The Balaban J connectivity index is 1.64. The lowest BCUT2D eigenvalue weighted by molar-refractivity contribution is 0.0210. The average Bonchev–Trinajstić information content (AvgIpc) is 3.14. The highest BCUT2D eigenvalue weighted by atomic mass is 35.5. The molecule has 2 N–H and O–H groups in total. The number of imidazole rings is 1. The molecule has 1 aliphatic heterocycles. The number of anilines is 1. The minimum atomic E-state index is -3.54. The van der Waals surface area contributed by atoms with Gasteiger partial charge in [-0.05, 0) is 24.6 Å². The first-order valence-electron chi connectivity index (χ1n) is 9.07. The van der Waals surface area contributed by atoms with Gasteiger partial charge in [0, 0.05) is 18.6 Å². The van der Waals surface area contributed by atoms with E-state index < -0.39 is 19.5 Å². The van der Waals surface area contributed by atoms with Crippen LogP contribution in [0.1, 0.15) is 31.2 Å². The van der Waals surface area contributed by atoms with Gasteiger partial charge < -0.3 is 15.0 Å². The number of halogens is 1. The molecule has 3 heterocycles. The van der Waals surface area contributed by atoms with E-state index in [1.165, 1.54) is 19.8 Å². The summed E-state index contributed by atoms with van der Waals surface area (Å²) in [6.45, 7) is 2.06. The molecule has 3 aromatic rings. The first-order valence-corrected chi connectivity index (χ1v) is 11.1. The van der Waals surface area contributed by atoms with Crippen LogP contribution in [0.15, 0.2) is 36.9 Å². The Morgan fingerprint density at radius 1 is 1.38 bits per heavy atom. The van der Waals surface area contributed by atoms with Crippen LogP contribution in [0, 0.1) is 0 Å². The van der Waals surface area contributed by atoms with Gasteiger partial charge in [-0.15, -0.1) is 0 Å². The normalized spacial score (nSPS) is 24.4. The fourth-order valence-electron chi connectivity index (χ4n) is 3.45. The van der Waals surface area contributed by atoms with E-state index in [1.807, 2.05) is 18.2 Å². The van der Waals surface area contributed by atoms with E-state index in [2.05, 4.69) is 15.0 Å². The maximum atomic E-state index is 13.7. The second-order valence-corrected chi connectivity index (χ2v) is 9.56. The molecular weight excluding hydrogens is 417 g/mol. The average molecular weight is 438 g/mol. The number of nitrogens with two attached hydrogens (primary N) is 1. The van der Waals surface area contributed by atoms with Gasteiger partial charge in [0.05, 0.1) is 19.0 Å². The summed E-state index contributed by atoms with van der Waals surface area (Å²) in [5, 5.41) is 0.595. The van der Waals surface area contributed by atoms with Crippen molar-refractivity contribution in [2.24, 2.45) is 0 Å². The van der Waals surface area contributed by atoms with E-state index in [9.17, 15) is 4.57 Å². The number of nitrogen functional groups attached to an aromatic ring is 1. The molecule has 3 unspecified atom stereocenters. The summed E-state index contributed by atoms with van der Waals surface area (Å²) < 4.78 is 32.6. The number of hydrogen-bond donors (Lipinski definition) is 1. The van der Waals surface area contributed by atoms with Gasteiger partial charge in [0.1, 0.15) is 23.7 Å². The summed E-state index contributed by atoms with van der Waals surface area (Å²) in [5.74, 6) is 0.258. The first kappa shape index (κ1) is 20.3. The van der Waals surface area contributed by atoms with E-state index in [4.69, 9.17) is 31.1 Å². The topological polar surface area (TPSA) is 114 Å². The van der Waals surface area contributed by atoms with Crippen LogP contribution < -0.4 is 5.73 Å². The maximum absolute atomic E-state index is 13.7. The highest BCUT2D eigenvalue weighted by Crippen LogP contribution is 2.62. The molecular formula is C18H21ClN5O4P. The van der Waals surface area contributed by atoms with Gasteiger partial charge in [-0.3, -0.25) is 13.7 Å². The fourth-order valence-corrected chi connectivity index (χ4v) is 5.66. The standard InChI is InChI=1S/C18H21ClN5O4P/c1-11(18(26-2)24-10-23-15-16(20)21-9-22-17(15)24)29(25)27-7-6-14(28-29)12-4-3-5-13(19)8-12/h3-5,8-11,14,18H,6-7H2,1-2H3,(H2,20,21,22)/t11?,14-,18?,29?/m0/s1. The Bertz CT molecular complexity index is 1080. The van der Waals surface area contributed by atoms with Crippen LogP contribution in [-0.2, 0) is 18.3 Å². The SMILES string of the molecule is COC(C(C)P1(=O)OCC[C@@H](c2cccc(Cl)c2)O1)n1cnc2c(N)ncnc21. The molecule has 2 aromatic heterocycles. The second kappa shape index (κ2) is 8.01.